The minimum absolute atomic E-state index is 0.225. The van der Waals surface area contributed by atoms with Crippen LogP contribution in [-0.4, -0.2) is 18.0 Å². The molecule has 0 saturated carbocycles. The number of rotatable bonds is 5. The van der Waals surface area contributed by atoms with Gasteiger partial charge in [0, 0.05) is 17.6 Å². The van der Waals surface area contributed by atoms with Crippen molar-refractivity contribution in [2.24, 2.45) is 0 Å². The number of carbonyl (C=O) groups is 2. The number of halogens is 1. The lowest BCUT2D eigenvalue weighted by atomic mass is 9.97. The molecule has 0 radical (unpaired) electrons. The summed E-state index contributed by atoms with van der Waals surface area (Å²) in [6.45, 7) is 10.1. The van der Waals surface area contributed by atoms with Crippen molar-refractivity contribution >= 4 is 17.5 Å². The van der Waals surface area contributed by atoms with Gasteiger partial charge >= 0.3 is 11.9 Å². The van der Waals surface area contributed by atoms with Gasteiger partial charge in [-0.2, -0.15) is 0 Å². The molecule has 0 aromatic heterocycles. The Labute approximate surface area is 145 Å². The number of carbonyl (C=O) groups excluding carboxylic acids is 2. The molecule has 4 nitrogen and oxygen atoms in total. The molecule has 130 valence electrons. The Morgan fingerprint density at radius 1 is 1.08 bits per heavy atom. The molecule has 0 spiro atoms. The summed E-state index contributed by atoms with van der Waals surface area (Å²) < 4.78 is 24.3. The summed E-state index contributed by atoms with van der Waals surface area (Å²) in [6.07, 6.45) is 2.43. The Kier molecular flexibility index (Phi) is 5.70. The zero-order chi connectivity index (χ0) is 18.6. The summed E-state index contributed by atoms with van der Waals surface area (Å²) in [4.78, 5) is 23.0. The Morgan fingerprint density at radius 3 is 2.20 bits per heavy atom. The Balaban J connectivity index is 2.07. The molecule has 0 saturated heterocycles. The molecular formula is C20H19FO4. The average molecular weight is 342 g/mol. The molecule has 0 fully saturated rings. The maximum absolute atomic E-state index is 14.2. The first-order valence-corrected chi connectivity index (χ1v) is 7.69. The Bertz CT molecular complexity index is 784. The van der Waals surface area contributed by atoms with Crippen molar-refractivity contribution in [1.82, 2.24) is 0 Å². The molecule has 25 heavy (non-hydrogen) atoms. The summed E-state index contributed by atoms with van der Waals surface area (Å²) in [5.74, 6) is -1.26. The van der Waals surface area contributed by atoms with E-state index in [1.807, 2.05) is 0 Å². The van der Waals surface area contributed by atoms with Gasteiger partial charge in [0.05, 0.1) is 0 Å². The summed E-state index contributed by atoms with van der Waals surface area (Å²) in [6, 6.07) is 6.68. The van der Waals surface area contributed by atoms with Crippen LogP contribution in [0, 0.1) is 0 Å². The van der Waals surface area contributed by atoms with E-state index in [2.05, 4.69) is 13.2 Å². The average Bonchev–Trinajstić information content (AvgIpc) is 2.57. The van der Waals surface area contributed by atoms with Gasteiger partial charge in [-0.1, -0.05) is 31.4 Å². The molecular weight excluding hydrogens is 323 g/mol. The van der Waals surface area contributed by atoms with Crippen molar-refractivity contribution < 1.29 is 23.5 Å². The second kappa shape index (κ2) is 7.75. The molecule has 1 aliphatic rings. The topological polar surface area (TPSA) is 52.6 Å². The van der Waals surface area contributed by atoms with Gasteiger partial charge < -0.3 is 9.47 Å². The third-order valence-corrected chi connectivity index (χ3v) is 3.50. The molecule has 2 rings (SSSR count). The van der Waals surface area contributed by atoms with Gasteiger partial charge in [-0.25, -0.2) is 14.0 Å². The summed E-state index contributed by atoms with van der Waals surface area (Å²) in [7, 11) is 0. The lowest BCUT2D eigenvalue weighted by Crippen LogP contribution is -2.20. The zero-order valence-corrected chi connectivity index (χ0v) is 14.2. The Hall–Kier alpha value is -2.95. The van der Waals surface area contributed by atoms with Crippen molar-refractivity contribution in [3.8, 4) is 5.75 Å². The fourth-order valence-corrected chi connectivity index (χ4v) is 2.09. The maximum atomic E-state index is 14.2. The van der Waals surface area contributed by atoms with Crippen LogP contribution in [0.15, 0.2) is 66.5 Å². The Morgan fingerprint density at radius 2 is 1.68 bits per heavy atom. The minimum Gasteiger partial charge on any atom is -0.451 e. The van der Waals surface area contributed by atoms with Gasteiger partial charge in [0.2, 0.25) is 0 Å². The van der Waals surface area contributed by atoms with E-state index in [0.717, 1.165) is 5.56 Å². The first-order valence-electron chi connectivity index (χ1n) is 7.69. The maximum Gasteiger partial charge on any atom is 0.338 e. The summed E-state index contributed by atoms with van der Waals surface area (Å²) >= 11 is 0. The fourth-order valence-electron chi connectivity index (χ4n) is 2.09. The van der Waals surface area contributed by atoms with Crippen LogP contribution in [0.1, 0.15) is 25.8 Å². The van der Waals surface area contributed by atoms with E-state index in [1.54, 1.807) is 37.3 Å². The normalized spacial score (nSPS) is 16.4. The highest BCUT2D eigenvalue weighted by Gasteiger charge is 2.23. The van der Waals surface area contributed by atoms with E-state index >= 15 is 0 Å². The molecule has 0 amide bonds. The minimum atomic E-state index is -0.927. The van der Waals surface area contributed by atoms with Gasteiger partial charge in [-0.3, -0.25) is 0 Å². The van der Waals surface area contributed by atoms with Gasteiger partial charge in [0.15, 0.2) is 6.10 Å². The molecule has 0 N–H and O–H groups in total. The first-order chi connectivity index (χ1) is 11.8. The molecule has 5 heteroatoms. The van der Waals surface area contributed by atoms with Crippen LogP contribution in [0.25, 0.3) is 5.57 Å². The van der Waals surface area contributed by atoms with Crippen LogP contribution in [0.4, 0.5) is 4.39 Å². The molecule has 0 bridgehead atoms. The van der Waals surface area contributed by atoms with Crippen LogP contribution >= 0.6 is 0 Å². The second-order valence-electron chi connectivity index (χ2n) is 5.79. The fraction of sp³-hybridized carbons (Fsp3) is 0.200. The van der Waals surface area contributed by atoms with Gasteiger partial charge in [-0.05, 0) is 43.2 Å². The van der Waals surface area contributed by atoms with Crippen LogP contribution < -0.4 is 4.74 Å². The van der Waals surface area contributed by atoms with Crippen LogP contribution in [0.3, 0.4) is 0 Å². The van der Waals surface area contributed by atoms with Crippen molar-refractivity contribution in [1.29, 1.82) is 0 Å². The number of hydrogen-bond donors (Lipinski definition) is 0. The number of esters is 2. The van der Waals surface area contributed by atoms with E-state index < -0.39 is 23.9 Å². The van der Waals surface area contributed by atoms with Gasteiger partial charge in [0.25, 0.3) is 0 Å². The van der Waals surface area contributed by atoms with Gasteiger partial charge in [-0.15, -0.1) is 0 Å². The lowest BCUT2D eigenvalue weighted by Gasteiger charge is -2.19. The van der Waals surface area contributed by atoms with Crippen LogP contribution in [0.5, 0.6) is 5.75 Å². The van der Waals surface area contributed by atoms with E-state index in [4.69, 9.17) is 9.47 Å². The third kappa shape index (κ3) is 4.76. The van der Waals surface area contributed by atoms with E-state index in [0.29, 0.717) is 16.9 Å². The second-order valence-corrected chi connectivity index (χ2v) is 5.79. The molecule has 0 aliphatic heterocycles. The highest BCUT2D eigenvalue weighted by molar-refractivity contribution is 5.89. The highest BCUT2D eigenvalue weighted by atomic mass is 19.1. The van der Waals surface area contributed by atoms with Crippen molar-refractivity contribution in [3.63, 3.8) is 0 Å². The summed E-state index contributed by atoms with van der Waals surface area (Å²) in [5.41, 5.74) is 1.95. The van der Waals surface area contributed by atoms with Gasteiger partial charge in [0.1, 0.15) is 11.6 Å². The van der Waals surface area contributed by atoms with E-state index in [9.17, 15) is 14.0 Å². The van der Waals surface area contributed by atoms with Crippen molar-refractivity contribution in [3.05, 3.63) is 72.1 Å². The van der Waals surface area contributed by atoms with Crippen LogP contribution in [-0.2, 0) is 14.3 Å². The van der Waals surface area contributed by atoms with Crippen LogP contribution in [0.2, 0.25) is 0 Å². The predicted octanol–water partition coefficient (Wildman–Crippen LogP) is 4.30. The first kappa shape index (κ1) is 18.4. The number of allylic oxidation sites excluding steroid dienone is 2. The quantitative estimate of drug-likeness (QED) is 0.455. The van der Waals surface area contributed by atoms with Crippen molar-refractivity contribution in [2.45, 2.75) is 26.4 Å². The SMILES string of the molecule is C=C(C)C(=O)Oc1ccc(C2=CCC(OC(=O)C(=C)C)C(F)=C2)cc1. The monoisotopic (exact) mass is 342 g/mol. The number of ether oxygens (including phenoxy) is 2. The third-order valence-electron chi connectivity index (χ3n) is 3.50. The van der Waals surface area contributed by atoms with E-state index in [-0.39, 0.29) is 12.0 Å². The van der Waals surface area contributed by atoms with E-state index in [1.165, 1.54) is 13.0 Å². The zero-order valence-electron chi connectivity index (χ0n) is 14.2. The summed E-state index contributed by atoms with van der Waals surface area (Å²) in [5, 5.41) is 0. The largest absolute Gasteiger partial charge is 0.451 e. The van der Waals surface area contributed by atoms with Crippen molar-refractivity contribution in [2.75, 3.05) is 0 Å². The molecule has 0 heterocycles. The highest BCUT2D eigenvalue weighted by Crippen LogP contribution is 2.29. The standard InChI is InChI=1S/C20H19FO4/c1-12(2)19(22)24-16-8-5-14(6-9-16)15-7-10-18(17(21)11-15)25-20(23)13(3)4/h5-9,11,18H,1,3,10H2,2,4H3. The molecule has 1 aromatic carbocycles. The molecule has 1 aliphatic carbocycles. The number of benzene rings is 1. The lowest BCUT2D eigenvalue weighted by molar-refractivity contribution is -0.143. The predicted molar refractivity (Wildman–Crippen MR) is 93.4 cm³/mol. The number of hydrogen-bond acceptors (Lipinski definition) is 4. The smallest absolute Gasteiger partial charge is 0.338 e. The molecule has 1 unspecified atom stereocenters. The molecule has 1 aromatic rings. The molecule has 1 atom stereocenters.